The molecule has 0 amide bonds. The highest BCUT2D eigenvalue weighted by molar-refractivity contribution is 7.91. The summed E-state index contributed by atoms with van der Waals surface area (Å²) in [5, 5.41) is 4.24. The van der Waals surface area contributed by atoms with Gasteiger partial charge < -0.3 is 9.30 Å². The summed E-state index contributed by atoms with van der Waals surface area (Å²) >= 11 is 0. The molecule has 1 aliphatic heterocycles. The zero-order valence-electron chi connectivity index (χ0n) is 15.9. The zero-order valence-corrected chi connectivity index (χ0v) is 16.7. The normalized spacial score (nSPS) is 17.9. The Labute approximate surface area is 163 Å². The van der Waals surface area contributed by atoms with Crippen molar-refractivity contribution in [2.45, 2.75) is 31.3 Å². The number of hydrogen-bond donors (Lipinski definition) is 0. The Morgan fingerprint density at radius 3 is 2.54 bits per heavy atom. The molecular weight excluding hydrogens is 378 g/mol. The van der Waals surface area contributed by atoms with Crippen molar-refractivity contribution >= 4 is 15.8 Å². The second-order valence-corrected chi connectivity index (χ2v) is 9.07. The van der Waals surface area contributed by atoms with Crippen molar-refractivity contribution in [1.29, 1.82) is 0 Å². The van der Waals surface area contributed by atoms with Crippen molar-refractivity contribution in [3.05, 3.63) is 65.1 Å². The summed E-state index contributed by atoms with van der Waals surface area (Å²) in [6.07, 6.45) is 1.12. The topological polar surface area (TPSA) is 83.2 Å². The molecule has 0 radical (unpaired) electrons. The summed E-state index contributed by atoms with van der Waals surface area (Å²) in [5.74, 6) is 0.0638. The Kier molecular flexibility index (Phi) is 4.38. The summed E-state index contributed by atoms with van der Waals surface area (Å²) in [6, 6.07) is 10.6. The molecular formula is C20H21N3O4S. The number of fused-ring (bicyclic) bond motifs is 1. The van der Waals surface area contributed by atoms with Gasteiger partial charge in [-0.25, -0.2) is 13.2 Å². The summed E-state index contributed by atoms with van der Waals surface area (Å²) in [7, 11) is -1.57. The summed E-state index contributed by atoms with van der Waals surface area (Å²) in [4.78, 5) is 13.2. The third kappa shape index (κ3) is 2.93. The lowest BCUT2D eigenvalue weighted by Crippen LogP contribution is -2.24. The van der Waals surface area contributed by atoms with E-state index in [0.29, 0.717) is 16.9 Å². The lowest BCUT2D eigenvalue weighted by atomic mass is 10.1. The number of aryl methyl sites for hydroxylation is 3. The van der Waals surface area contributed by atoms with E-state index in [9.17, 15) is 13.2 Å². The van der Waals surface area contributed by atoms with Crippen LogP contribution in [0.4, 0.5) is 0 Å². The fourth-order valence-corrected chi connectivity index (χ4v) is 5.30. The van der Waals surface area contributed by atoms with E-state index in [4.69, 9.17) is 4.74 Å². The fourth-order valence-electron chi connectivity index (χ4n) is 3.72. The monoisotopic (exact) mass is 399 g/mol. The molecule has 146 valence electrons. The molecule has 0 saturated heterocycles. The predicted molar refractivity (Wildman–Crippen MR) is 103 cm³/mol. The summed E-state index contributed by atoms with van der Waals surface area (Å²) in [6.45, 7) is 3.91. The number of rotatable bonds is 3. The molecule has 0 saturated carbocycles. The SMILES string of the molecule is Cc1ccc(C)n1-c1c(C(=O)OC2CCS(=O)(=O)c3ccccc32)cnn1C. The van der Waals surface area contributed by atoms with Crippen LogP contribution in [0.3, 0.4) is 0 Å². The van der Waals surface area contributed by atoms with Crippen LogP contribution < -0.4 is 0 Å². The Bertz CT molecular complexity index is 1150. The Hall–Kier alpha value is -2.87. The highest BCUT2D eigenvalue weighted by Crippen LogP contribution is 2.35. The lowest BCUT2D eigenvalue weighted by molar-refractivity contribution is 0.0277. The van der Waals surface area contributed by atoms with Gasteiger partial charge >= 0.3 is 5.97 Å². The number of sulfone groups is 1. The number of carbonyl (C=O) groups is 1. The van der Waals surface area contributed by atoms with E-state index in [0.717, 1.165) is 11.4 Å². The number of nitrogens with zero attached hydrogens (tertiary/aromatic N) is 3. The number of benzene rings is 1. The van der Waals surface area contributed by atoms with Gasteiger partial charge in [-0.1, -0.05) is 18.2 Å². The average Bonchev–Trinajstić information content (AvgIpc) is 3.19. The maximum atomic E-state index is 13.0. The molecule has 0 bridgehead atoms. The van der Waals surface area contributed by atoms with Crippen molar-refractivity contribution in [1.82, 2.24) is 14.3 Å². The van der Waals surface area contributed by atoms with Crippen LogP contribution in [0, 0.1) is 13.8 Å². The van der Waals surface area contributed by atoms with Crippen LogP contribution >= 0.6 is 0 Å². The summed E-state index contributed by atoms with van der Waals surface area (Å²) in [5.41, 5.74) is 2.82. The number of esters is 1. The maximum absolute atomic E-state index is 13.0. The van der Waals surface area contributed by atoms with E-state index in [1.165, 1.54) is 6.20 Å². The maximum Gasteiger partial charge on any atom is 0.344 e. The minimum atomic E-state index is -3.34. The smallest absolute Gasteiger partial charge is 0.344 e. The van der Waals surface area contributed by atoms with Crippen molar-refractivity contribution < 1.29 is 17.9 Å². The molecule has 28 heavy (non-hydrogen) atoms. The largest absolute Gasteiger partial charge is 0.454 e. The molecule has 1 aliphatic rings. The van der Waals surface area contributed by atoms with Crippen molar-refractivity contribution in [3.63, 3.8) is 0 Å². The molecule has 4 rings (SSSR count). The van der Waals surface area contributed by atoms with E-state index in [2.05, 4.69) is 5.10 Å². The van der Waals surface area contributed by atoms with Gasteiger partial charge in [0.2, 0.25) is 0 Å². The molecule has 1 aromatic carbocycles. The van der Waals surface area contributed by atoms with Crippen LogP contribution in [0.25, 0.3) is 5.82 Å². The highest BCUT2D eigenvalue weighted by Gasteiger charge is 2.33. The zero-order chi connectivity index (χ0) is 20.1. The molecule has 2 aromatic heterocycles. The number of carbonyl (C=O) groups excluding carboxylic acids is 1. The molecule has 1 unspecified atom stereocenters. The van der Waals surface area contributed by atoms with E-state index in [1.54, 1.807) is 36.0 Å². The van der Waals surface area contributed by atoms with Gasteiger partial charge in [0.25, 0.3) is 0 Å². The fraction of sp³-hybridized carbons (Fsp3) is 0.300. The molecule has 0 spiro atoms. The van der Waals surface area contributed by atoms with Crippen LogP contribution in [0.5, 0.6) is 0 Å². The molecule has 0 aliphatic carbocycles. The first-order valence-corrected chi connectivity index (χ1v) is 10.6. The summed E-state index contributed by atoms with van der Waals surface area (Å²) < 4.78 is 34.0. The average molecular weight is 399 g/mol. The molecule has 7 nitrogen and oxygen atoms in total. The first-order chi connectivity index (χ1) is 13.3. The molecule has 3 aromatic rings. The second-order valence-electron chi connectivity index (χ2n) is 7.00. The van der Waals surface area contributed by atoms with Crippen LogP contribution in [0.2, 0.25) is 0 Å². The third-order valence-electron chi connectivity index (χ3n) is 5.11. The predicted octanol–water partition coefficient (Wildman–Crippen LogP) is 2.90. The molecule has 1 atom stereocenters. The molecule has 0 N–H and O–H groups in total. The van der Waals surface area contributed by atoms with E-state index in [1.807, 2.05) is 30.5 Å². The standard InChI is InChI=1S/C20H21N3O4S/c1-13-8-9-14(2)23(13)19-16(12-21-22(19)3)20(24)27-17-10-11-28(25,26)18-7-5-4-6-15(17)18/h4-9,12,17H,10-11H2,1-3H3. The Morgan fingerprint density at radius 2 is 1.82 bits per heavy atom. The van der Waals surface area contributed by atoms with Gasteiger partial charge in [-0.05, 0) is 32.0 Å². The second kappa shape index (κ2) is 6.63. The van der Waals surface area contributed by atoms with Crippen LogP contribution in [0.15, 0.2) is 47.5 Å². The first-order valence-electron chi connectivity index (χ1n) is 8.99. The van der Waals surface area contributed by atoms with Crippen molar-refractivity contribution in [2.75, 3.05) is 5.75 Å². The lowest BCUT2D eigenvalue weighted by Gasteiger charge is -2.25. The van der Waals surface area contributed by atoms with Crippen LogP contribution in [-0.2, 0) is 21.6 Å². The molecule has 8 heteroatoms. The molecule has 3 heterocycles. The van der Waals surface area contributed by atoms with Gasteiger partial charge in [0.1, 0.15) is 17.5 Å². The van der Waals surface area contributed by atoms with Crippen molar-refractivity contribution in [2.24, 2.45) is 7.05 Å². The first kappa shape index (κ1) is 18.5. The Morgan fingerprint density at radius 1 is 1.14 bits per heavy atom. The minimum Gasteiger partial charge on any atom is -0.454 e. The minimum absolute atomic E-state index is 0.0440. The number of ether oxygens (including phenoxy) is 1. The third-order valence-corrected chi connectivity index (χ3v) is 6.92. The quantitative estimate of drug-likeness (QED) is 0.633. The van der Waals surface area contributed by atoms with Crippen LogP contribution in [-0.4, -0.2) is 34.5 Å². The van der Waals surface area contributed by atoms with Gasteiger partial charge in [-0.15, -0.1) is 0 Å². The van der Waals surface area contributed by atoms with Gasteiger partial charge in [-0.2, -0.15) is 5.10 Å². The van der Waals surface area contributed by atoms with Gasteiger partial charge in [0.05, 0.1) is 16.8 Å². The number of aromatic nitrogens is 3. The highest BCUT2D eigenvalue weighted by atomic mass is 32.2. The van der Waals surface area contributed by atoms with Crippen LogP contribution in [0.1, 0.15) is 39.8 Å². The number of hydrogen-bond acceptors (Lipinski definition) is 5. The Balaban J connectivity index is 1.70. The van der Waals surface area contributed by atoms with E-state index in [-0.39, 0.29) is 17.1 Å². The van der Waals surface area contributed by atoms with Gasteiger partial charge in [0.15, 0.2) is 9.84 Å². The van der Waals surface area contributed by atoms with Gasteiger partial charge in [0, 0.05) is 30.4 Å². The molecule has 0 fully saturated rings. The van der Waals surface area contributed by atoms with E-state index >= 15 is 0 Å². The van der Waals surface area contributed by atoms with Crippen molar-refractivity contribution in [3.8, 4) is 5.82 Å². The van der Waals surface area contributed by atoms with Gasteiger partial charge in [-0.3, -0.25) is 4.68 Å². The van der Waals surface area contributed by atoms with E-state index < -0.39 is 21.9 Å².